The van der Waals surface area contributed by atoms with Crippen LogP contribution in [-0.2, 0) is 11.2 Å². The Morgan fingerprint density at radius 1 is 1.06 bits per heavy atom. The molecular weight excluding hydrogens is 404 g/mol. The summed E-state index contributed by atoms with van der Waals surface area (Å²) in [6, 6.07) is 15.8. The quantitative estimate of drug-likeness (QED) is 0.503. The Morgan fingerprint density at radius 2 is 1.84 bits per heavy atom. The zero-order valence-corrected chi connectivity index (χ0v) is 19.0. The molecule has 1 amide bonds. The second kappa shape index (κ2) is 11.2. The predicted octanol–water partition coefficient (Wildman–Crippen LogP) is 3.92. The van der Waals surface area contributed by atoms with Crippen LogP contribution in [0.25, 0.3) is 11.3 Å². The van der Waals surface area contributed by atoms with Crippen molar-refractivity contribution in [1.82, 2.24) is 15.3 Å². The van der Waals surface area contributed by atoms with Crippen LogP contribution in [0.15, 0.2) is 54.9 Å². The van der Waals surface area contributed by atoms with Crippen LogP contribution in [0.3, 0.4) is 0 Å². The molecule has 0 spiro atoms. The fourth-order valence-corrected chi connectivity index (χ4v) is 3.45. The molecule has 0 saturated heterocycles. The second-order valence-electron chi connectivity index (χ2n) is 7.55. The number of methoxy groups -OCH3 is 2. The number of hydrogen-bond acceptors (Lipinski definition) is 6. The van der Waals surface area contributed by atoms with Crippen molar-refractivity contribution in [2.45, 2.75) is 19.3 Å². The van der Waals surface area contributed by atoms with E-state index in [4.69, 9.17) is 9.47 Å². The van der Waals surface area contributed by atoms with Gasteiger partial charge in [0.15, 0.2) is 0 Å². The van der Waals surface area contributed by atoms with Crippen molar-refractivity contribution in [2.24, 2.45) is 0 Å². The Morgan fingerprint density at radius 3 is 2.53 bits per heavy atom. The summed E-state index contributed by atoms with van der Waals surface area (Å²) in [6.07, 6.45) is 2.46. The molecule has 0 aliphatic heterocycles. The Labute approximate surface area is 189 Å². The van der Waals surface area contributed by atoms with Crippen molar-refractivity contribution < 1.29 is 14.3 Å². The van der Waals surface area contributed by atoms with Crippen LogP contribution in [0.5, 0.6) is 5.75 Å². The lowest BCUT2D eigenvalue weighted by atomic mass is 9.98. The number of ether oxygens (including phenoxy) is 2. The zero-order valence-electron chi connectivity index (χ0n) is 19.0. The maximum atomic E-state index is 11.9. The van der Waals surface area contributed by atoms with E-state index in [0.717, 1.165) is 29.1 Å². The molecule has 0 radical (unpaired) electrons. The van der Waals surface area contributed by atoms with Crippen molar-refractivity contribution in [1.29, 1.82) is 0 Å². The minimum absolute atomic E-state index is 0.138. The molecule has 2 N–H and O–H groups in total. The van der Waals surface area contributed by atoms with Crippen molar-refractivity contribution in [3.8, 4) is 17.0 Å². The van der Waals surface area contributed by atoms with Crippen LogP contribution < -0.4 is 15.4 Å². The highest BCUT2D eigenvalue weighted by molar-refractivity contribution is 5.94. The van der Waals surface area contributed by atoms with E-state index >= 15 is 0 Å². The van der Waals surface area contributed by atoms with Crippen LogP contribution in [0, 0.1) is 0 Å². The molecule has 3 rings (SSSR count). The Hall–Kier alpha value is -3.45. The molecule has 2 aromatic carbocycles. The van der Waals surface area contributed by atoms with Gasteiger partial charge in [-0.3, -0.25) is 4.79 Å². The van der Waals surface area contributed by atoms with Gasteiger partial charge in [0.05, 0.1) is 19.4 Å². The average Bonchev–Trinajstić information content (AvgIpc) is 2.85. The number of aromatic nitrogens is 2. The van der Waals surface area contributed by atoms with Gasteiger partial charge in [-0.2, -0.15) is 0 Å². The number of benzene rings is 2. The van der Waals surface area contributed by atoms with Gasteiger partial charge in [0.1, 0.15) is 17.9 Å². The van der Waals surface area contributed by atoms with Gasteiger partial charge in [0.25, 0.3) is 5.91 Å². The van der Waals surface area contributed by atoms with Crippen LogP contribution in [-0.4, -0.2) is 50.3 Å². The highest BCUT2D eigenvalue weighted by Gasteiger charge is 2.15. The highest BCUT2D eigenvalue weighted by Crippen LogP contribution is 2.28. The van der Waals surface area contributed by atoms with Crippen LogP contribution in [0.4, 0.5) is 5.82 Å². The molecule has 32 heavy (non-hydrogen) atoms. The number of hydrogen-bond donors (Lipinski definition) is 2. The summed E-state index contributed by atoms with van der Waals surface area (Å²) in [5.41, 5.74) is 4.72. The molecule has 0 saturated carbocycles. The van der Waals surface area contributed by atoms with Crippen LogP contribution in [0.1, 0.15) is 34.3 Å². The molecule has 7 nitrogen and oxygen atoms in total. The largest absolute Gasteiger partial charge is 0.496 e. The van der Waals surface area contributed by atoms with Gasteiger partial charge in [-0.15, -0.1) is 0 Å². The fourth-order valence-electron chi connectivity index (χ4n) is 3.45. The first-order valence-corrected chi connectivity index (χ1v) is 10.6. The summed E-state index contributed by atoms with van der Waals surface area (Å²) in [6.45, 7) is 3.46. The third-order valence-corrected chi connectivity index (χ3v) is 5.35. The first-order valence-electron chi connectivity index (χ1n) is 10.6. The van der Waals surface area contributed by atoms with E-state index in [1.165, 1.54) is 5.56 Å². The number of nitrogens with one attached hydrogen (secondary N) is 2. The molecule has 0 fully saturated rings. The number of anilines is 1. The van der Waals surface area contributed by atoms with Gasteiger partial charge in [0, 0.05) is 43.8 Å². The summed E-state index contributed by atoms with van der Waals surface area (Å²) in [4.78, 5) is 20.7. The molecule has 1 unspecified atom stereocenters. The summed E-state index contributed by atoms with van der Waals surface area (Å²) >= 11 is 0. The van der Waals surface area contributed by atoms with Gasteiger partial charge < -0.3 is 20.1 Å². The van der Waals surface area contributed by atoms with Gasteiger partial charge in [-0.25, -0.2) is 9.97 Å². The zero-order chi connectivity index (χ0) is 22.9. The molecule has 1 heterocycles. The SMILES string of the molecule is CNC(=O)c1ccc(C(C)CNc2cc(-c3ccc(CCOC)cc3)ncn2)c(OC)c1. The first-order chi connectivity index (χ1) is 15.5. The van der Waals surface area contributed by atoms with E-state index in [9.17, 15) is 4.79 Å². The van der Waals surface area contributed by atoms with E-state index in [0.29, 0.717) is 24.5 Å². The van der Waals surface area contributed by atoms with Crippen LogP contribution in [0.2, 0.25) is 0 Å². The lowest BCUT2D eigenvalue weighted by Gasteiger charge is -2.17. The average molecular weight is 435 g/mol. The molecule has 3 aromatic rings. The van der Waals surface area contributed by atoms with E-state index in [1.54, 1.807) is 33.7 Å². The maximum Gasteiger partial charge on any atom is 0.251 e. The minimum Gasteiger partial charge on any atom is -0.496 e. The molecule has 0 bridgehead atoms. The molecule has 0 aliphatic rings. The van der Waals surface area contributed by atoms with Crippen molar-refractivity contribution in [2.75, 3.05) is 39.7 Å². The maximum absolute atomic E-state index is 11.9. The number of carbonyl (C=O) groups excluding carboxylic acids is 1. The Balaban J connectivity index is 1.68. The monoisotopic (exact) mass is 434 g/mol. The topological polar surface area (TPSA) is 85.4 Å². The Bertz CT molecular complexity index is 1040. The van der Waals surface area contributed by atoms with Crippen molar-refractivity contribution >= 4 is 11.7 Å². The Kier molecular flexibility index (Phi) is 8.16. The smallest absolute Gasteiger partial charge is 0.251 e. The molecule has 0 aliphatic carbocycles. The standard InChI is InChI=1S/C25H30N4O3/c1-17(21-10-9-20(25(30)26-2)13-23(21)32-4)15-27-24-14-22(28-16-29-24)19-7-5-18(6-8-19)11-12-31-3/h5-10,13-14,16-17H,11-12,15H2,1-4H3,(H,26,30)(H,27,28,29). The number of nitrogens with zero attached hydrogens (tertiary/aromatic N) is 2. The third kappa shape index (κ3) is 5.82. The summed E-state index contributed by atoms with van der Waals surface area (Å²) < 4.78 is 10.7. The summed E-state index contributed by atoms with van der Waals surface area (Å²) in [5, 5.41) is 6.02. The van der Waals surface area contributed by atoms with Gasteiger partial charge in [-0.1, -0.05) is 37.3 Å². The van der Waals surface area contributed by atoms with Gasteiger partial charge >= 0.3 is 0 Å². The second-order valence-corrected chi connectivity index (χ2v) is 7.55. The third-order valence-electron chi connectivity index (χ3n) is 5.35. The van der Waals surface area contributed by atoms with E-state index < -0.39 is 0 Å². The molecule has 168 valence electrons. The van der Waals surface area contributed by atoms with Crippen molar-refractivity contribution in [3.63, 3.8) is 0 Å². The lowest BCUT2D eigenvalue weighted by molar-refractivity contribution is 0.0962. The van der Waals surface area contributed by atoms with Crippen molar-refractivity contribution in [3.05, 3.63) is 71.5 Å². The first kappa shape index (κ1) is 23.2. The lowest BCUT2D eigenvalue weighted by Crippen LogP contribution is -2.18. The predicted molar refractivity (Wildman–Crippen MR) is 126 cm³/mol. The minimum atomic E-state index is -0.138. The van der Waals surface area contributed by atoms with E-state index in [1.807, 2.05) is 18.2 Å². The number of carbonyl (C=O) groups is 1. The van der Waals surface area contributed by atoms with E-state index in [-0.39, 0.29) is 11.8 Å². The molecular formula is C25H30N4O3. The molecule has 1 aromatic heterocycles. The van der Waals surface area contributed by atoms with Crippen LogP contribution >= 0.6 is 0 Å². The fraction of sp³-hybridized carbons (Fsp3) is 0.320. The normalized spacial score (nSPS) is 11.6. The molecule has 1 atom stereocenters. The summed E-state index contributed by atoms with van der Waals surface area (Å²) in [7, 11) is 4.94. The highest BCUT2D eigenvalue weighted by atomic mass is 16.5. The summed E-state index contributed by atoms with van der Waals surface area (Å²) in [5.74, 6) is 1.45. The number of amides is 1. The molecule has 7 heteroatoms. The number of rotatable bonds is 10. The van der Waals surface area contributed by atoms with E-state index in [2.05, 4.69) is 51.8 Å². The van der Waals surface area contributed by atoms with Gasteiger partial charge in [0.2, 0.25) is 0 Å². The van der Waals surface area contributed by atoms with Gasteiger partial charge in [-0.05, 0) is 29.7 Å².